The normalized spacial score (nSPS) is 18.2. The third-order valence-electron chi connectivity index (χ3n) is 4.81. The molecule has 2 nitrogen and oxygen atoms in total. The predicted octanol–water partition coefficient (Wildman–Crippen LogP) is 3.43. The Bertz CT molecular complexity index is 396. The molecule has 1 aliphatic heterocycles. The second-order valence-corrected chi connectivity index (χ2v) is 6.46. The molecule has 0 amide bonds. The van der Waals surface area contributed by atoms with Crippen molar-refractivity contribution in [2.45, 2.75) is 58.3 Å². The number of hydrogen-bond donors (Lipinski definition) is 1. The van der Waals surface area contributed by atoms with Crippen LogP contribution in [0.1, 0.15) is 63.9 Å². The minimum atomic E-state index is 0.581. The summed E-state index contributed by atoms with van der Waals surface area (Å²) >= 11 is 0. The van der Waals surface area contributed by atoms with E-state index in [1.807, 2.05) is 0 Å². The smallest absolute Gasteiger partial charge is 0.122 e. The van der Waals surface area contributed by atoms with E-state index >= 15 is 0 Å². The molecular weight excluding hydrogens is 258 g/mol. The highest BCUT2D eigenvalue weighted by molar-refractivity contribution is 5.35. The van der Waals surface area contributed by atoms with E-state index in [9.17, 15) is 0 Å². The van der Waals surface area contributed by atoms with Crippen LogP contribution >= 0.6 is 0 Å². The van der Waals surface area contributed by atoms with Crippen molar-refractivity contribution in [2.24, 2.45) is 0 Å². The molecule has 0 bridgehead atoms. The molecule has 0 radical (unpaired) electrons. The van der Waals surface area contributed by atoms with Gasteiger partial charge < -0.3 is 9.64 Å². The summed E-state index contributed by atoms with van der Waals surface area (Å²) in [7, 11) is 0. The van der Waals surface area contributed by atoms with Gasteiger partial charge in [-0.2, -0.15) is 0 Å². The van der Waals surface area contributed by atoms with Crippen LogP contribution in [0.2, 0.25) is 0 Å². The van der Waals surface area contributed by atoms with Gasteiger partial charge in [0.15, 0.2) is 0 Å². The predicted molar refractivity (Wildman–Crippen MR) is 89.3 cm³/mol. The summed E-state index contributed by atoms with van der Waals surface area (Å²) in [6.07, 6.45) is 8.02. The summed E-state index contributed by atoms with van der Waals surface area (Å²) in [5.74, 6) is 1.68. The molecule has 1 aliphatic rings. The van der Waals surface area contributed by atoms with Crippen molar-refractivity contribution >= 4 is 0 Å². The maximum absolute atomic E-state index is 6.07. The number of rotatable bonds is 7. The first-order chi connectivity index (χ1) is 10.3. The molecule has 1 fully saturated rings. The van der Waals surface area contributed by atoms with E-state index in [0.29, 0.717) is 5.92 Å². The SMILES string of the molecule is CC[C@H](C)c1ccccc1OCCC[NH+]1CCCCCC1. The molecule has 1 atom stereocenters. The van der Waals surface area contributed by atoms with Gasteiger partial charge in [-0.05, 0) is 49.7 Å². The summed E-state index contributed by atoms with van der Waals surface area (Å²) < 4.78 is 6.07. The Morgan fingerprint density at radius 2 is 1.81 bits per heavy atom. The molecule has 1 heterocycles. The van der Waals surface area contributed by atoms with E-state index in [4.69, 9.17) is 4.74 Å². The Balaban J connectivity index is 1.75. The van der Waals surface area contributed by atoms with E-state index in [2.05, 4.69) is 38.1 Å². The van der Waals surface area contributed by atoms with Gasteiger partial charge in [0.2, 0.25) is 0 Å². The van der Waals surface area contributed by atoms with Gasteiger partial charge in [-0.25, -0.2) is 0 Å². The van der Waals surface area contributed by atoms with Gasteiger partial charge in [0.25, 0.3) is 0 Å². The van der Waals surface area contributed by atoms with Crippen molar-refractivity contribution in [1.29, 1.82) is 0 Å². The molecule has 1 aromatic carbocycles. The molecule has 0 saturated carbocycles. The van der Waals surface area contributed by atoms with Gasteiger partial charge >= 0.3 is 0 Å². The molecule has 118 valence electrons. The zero-order valence-corrected chi connectivity index (χ0v) is 13.9. The van der Waals surface area contributed by atoms with Gasteiger partial charge in [0.05, 0.1) is 26.2 Å². The molecule has 0 spiro atoms. The van der Waals surface area contributed by atoms with E-state index < -0.39 is 0 Å². The van der Waals surface area contributed by atoms with Crippen LogP contribution in [0.25, 0.3) is 0 Å². The first kappa shape index (κ1) is 16.4. The van der Waals surface area contributed by atoms with Crippen molar-refractivity contribution < 1.29 is 9.64 Å². The van der Waals surface area contributed by atoms with E-state index in [-0.39, 0.29) is 0 Å². The molecule has 2 heteroatoms. The Hall–Kier alpha value is -1.02. The molecule has 1 N–H and O–H groups in total. The van der Waals surface area contributed by atoms with Crippen molar-refractivity contribution in [3.8, 4) is 5.75 Å². The lowest BCUT2D eigenvalue weighted by molar-refractivity contribution is -0.899. The van der Waals surface area contributed by atoms with Crippen molar-refractivity contribution in [3.63, 3.8) is 0 Å². The van der Waals surface area contributed by atoms with Gasteiger partial charge in [0, 0.05) is 6.42 Å². The molecule has 2 rings (SSSR count). The molecular formula is C19H32NO+. The van der Waals surface area contributed by atoms with E-state index in [0.717, 1.165) is 18.8 Å². The maximum atomic E-state index is 6.07. The largest absolute Gasteiger partial charge is 0.493 e. The molecule has 21 heavy (non-hydrogen) atoms. The topological polar surface area (TPSA) is 13.7 Å². The summed E-state index contributed by atoms with van der Waals surface area (Å²) in [5, 5.41) is 0. The second-order valence-electron chi connectivity index (χ2n) is 6.46. The van der Waals surface area contributed by atoms with Crippen LogP contribution in [0.15, 0.2) is 24.3 Å². The van der Waals surface area contributed by atoms with E-state index in [1.165, 1.54) is 57.3 Å². The highest BCUT2D eigenvalue weighted by Crippen LogP contribution is 2.28. The summed E-state index contributed by atoms with van der Waals surface area (Å²) in [4.78, 5) is 1.78. The van der Waals surface area contributed by atoms with Crippen LogP contribution in [0.5, 0.6) is 5.75 Å². The minimum Gasteiger partial charge on any atom is -0.493 e. The third-order valence-corrected chi connectivity index (χ3v) is 4.81. The fourth-order valence-corrected chi connectivity index (χ4v) is 3.22. The standard InChI is InChI=1S/C19H31NO/c1-3-17(2)18-11-6-7-12-19(18)21-16-10-15-20-13-8-4-5-9-14-20/h6-7,11-12,17H,3-5,8-10,13-16H2,1-2H3/p+1/t17-/m0/s1. The lowest BCUT2D eigenvalue weighted by Gasteiger charge is -2.18. The minimum absolute atomic E-state index is 0.581. The average Bonchev–Trinajstić information content (AvgIpc) is 2.80. The van der Waals surface area contributed by atoms with Crippen LogP contribution < -0.4 is 9.64 Å². The van der Waals surface area contributed by atoms with Crippen LogP contribution in [0.4, 0.5) is 0 Å². The Morgan fingerprint density at radius 3 is 2.52 bits per heavy atom. The van der Waals surface area contributed by atoms with Gasteiger partial charge in [-0.15, -0.1) is 0 Å². The Morgan fingerprint density at radius 1 is 1.10 bits per heavy atom. The summed E-state index contributed by atoms with van der Waals surface area (Å²) in [5.41, 5.74) is 1.36. The first-order valence-electron chi connectivity index (χ1n) is 8.86. The van der Waals surface area contributed by atoms with Crippen LogP contribution in [0, 0.1) is 0 Å². The number of benzene rings is 1. The number of ether oxygens (including phenoxy) is 1. The third kappa shape index (κ3) is 5.35. The van der Waals surface area contributed by atoms with Gasteiger partial charge in [0.1, 0.15) is 5.75 Å². The Kier molecular flexibility index (Phi) is 7.08. The lowest BCUT2D eigenvalue weighted by Crippen LogP contribution is -3.11. The highest BCUT2D eigenvalue weighted by atomic mass is 16.5. The molecule has 1 saturated heterocycles. The van der Waals surface area contributed by atoms with Crippen LogP contribution in [-0.2, 0) is 0 Å². The number of hydrogen-bond acceptors (Lipinski definition) is 1. The highest BCUT2D eigenvalue weighted by Gasteiger charge is 2.12. The molecule has 0 unspecified atom stereocenters. The summed E-state index contributed by atoms with van der Waals surface area (Å²) in [6, 6.07) is 8.54. The zero-order valence-electron chi connectivity index (χ0n) is 13.9. The number of likely N-dealkylation sites (tertiary alicyclic amines) is 1. The number of nitrogens with one attached hydrogen (secondary N) is 1. The zero-order chi connectivity index (χ0) is 14.9. The molecule has 0 aliphatic carbocycles. The average molecular weight is 290 g/mol. The molecule has 0 aromatic heterocycles. The number of quaternary nitrogens is 1. The maximum Gasteiger partial charge on any atom is 0.122 e. The van der Waals surface area contributed by atoms with E-state index in [1.54, 1.807) is 4.90 Å². The monoisotopic (exact) mass is 290 g/mol. The van der Waals surface area contributed by atoms with Crippen molar-refractivity contribution in [2.75, 3.05) is 26.2 Å². The summed E-state index contributed by atoms with van der Waals surface area (Å²) in [6.45, 7) is 9.38. The number of para-hydroxylation sites is 1. The van der Waals surface area contributed by atoms with Crippen molar-refractivity contribution in [3.05, 3.63) is 29.8 Å². The fraction of sp³-hybridized carbons (Fsp3) is 0.684. The van der Waals surface area contributed by atoms with Gasteiger partial charge in [-0.3, -0.25) is 0 Å². The first-order valence-corrected chi connectivity index (χ1v) is 8.86. The van der Waals surface area contributed by atoms with Gasteiger partial charge in [-0.1, -0.05) is 32.0 Å². The lowest BCUT2D eigenvalue weighted by atomic mass is 9.98. The van der Waals surface area contributed by atoms with Crippen molar-refractivity contribution in [1.82, 2.24) is 0 Å². The Labute approximate surface area is 130 Å². The second kappa shape index (κ2) is 9.09. The quantitative estimate of drug-likeness (QED) is 0.760. The van der Waals surface area contributed by atoms with Crippen LogP contribution in [0.3, 0.4) is 0 Å². The fourth-order valence-electron chi connectivity index (χ4n) is 3.22. The van der Waals surface area contributed by atoms with Crippen LogP contribution in [-0.4, -0.2) is 26.2 Å². The molecule has 1 aromatic rings.